The van der Waals surface area contributed by atoms with Gasteiger partial charge in [0.05, 0.1) is 24.8 Å². The Labute approximate surface area is 347 Å². The molecule has 6 rings (SSSR count). The number of aryl methyl sites for hydroxylation is 2. The van der Waals surface area contributed by atoms with Gasteiger partial charge in [-0.05, 0) is 68.6 Å². The highest BCUT2D eigenvalue weighted by molar-refractivity contribution is 5.98. The topological polar surface area (TPSA) is 232 Å². The number of hydrogen-bond acceptors (Lipinski definition) is 12. The Bertz CT molecular complexity index is 2250. The normalized spacial score (nSPS) is 10.3. The Kier molecular flexibility index (Phi) is 18.4. The second-order valence-electron chi connectivity index (χ2n) is 13.0. The molecule has 7 N–H and O–H groups in total. The summed E-state index contributed by atoms with van der Waals surface area (Å²) < 4.78 is 15.3. The first-order chi connectivity index (χ1) is 29.1. The molecule has 6 aromatic rings. The molecule has 15 nitrogen and oxygen atoms in total. The van der Waals surface area contributed by atoms with E-state index in [0.717, 1.165) is 51.2 Å². The van der Waals surface area contributed by atoms with Gasteiger partial charge in [0.1, 0.15) is 29.5 Å². The van der Waals surface area contributed by atoms with E-state index < -0.39 is 5.97 Å². The number of carbonyl (C=O) groups excluding carboxylic acids is 4. The first-order valence-electron chi connectivity index (χ1n) is 19.2. The van der Waals surface area contributed by atoms with Crippen LogP contribution in [-0.2, 0) is 14.3 Å². The lowest BCUT2D eigenvalue weighted by molar-refractivity contribution is -0.139. The summed E-state index contributed by atoms with van der Waals surface area (Å²) in [6.07, 6.45) is 1.20. The molecule has 0 saturated heterocycles. The average molecular weight is 819 g/mol. The van der Waals surface area contributed by atoms with E-state index in [4.69, 9.17) is 25.0 Å². The van der Waals surface area contributed by atoms with Crippen molar-refractivity contribution >= 4 is 23.7 Å². The van der Waals surface area contributed by atoms with Crippen LogP contribution < -0.4 is 21.7 Å². The van der Waals surface area contributed by atoms with Crippen molar-refractivity contribution in [2.75, 3.05) is 46.5 Å². The van der Waals surface area contributed by atoms with Crippen molar-refractivity contribution in [1.82, 2.24) is 26.3 Å². The fourth-order valence-electron chi connectivity index (χ4n) is 5.64. The summed E-state index contributed by atoms with van der Waals surface area (Å²) in [5.41, 5.74) is 12.9. The first kappa shape index (κ1) is 45.8. The number of carbonyl (C=O) groups is 4. The van der Waals surface area contributed by atoms with E-state index in [-0.39, 0.29) is 44.0 Å². The SMILES string of the molecule is COC(=O)CNC(=O)c1ccc(-c2c(-c3ccccc3)noc2C)cc1.Cc1onc(-c2ccccc2)c1-c1ccc(C(=O)NCC(=O)NCCCO)cc1.NCCCO. The van der Waals surface area contributed by atoms with Crippen LogP contribution in [0.25, 0.3) is 44.8 Å². The van der Waals surface area contributed by atoms with Gasteiger partial charge in [0, 0.05) is 42.0 Å². The van der Waals surface area contributed by atoms with Gasteiger partial charge in [-0.25, -0.2) is 0 Å². The van der Waals surface area contributed by atoms with Crippen LogP contribution in [0.3, 0.4) is 0 Å². The van der Waals surface area contributed by atoms with Gasteiger partial charge in [-0.2, -0.15) is 0 Å². The zero-order valence-corrected chi connectivity index (χ0v) is 33.8. The number of nitrogens with two attached hydrogens (primary N) is 1. The Morgan fingerprint density at radius 3 is 1.42 bits per heavy atom. The maximum absolute atomic E-state index is 12.3. The second-order valence-corrected chi connectivity index (χ2v) is 13.0. The third kappa shape index (κ3) is 13.3. The van der Waals surface area contributed by atoms with Crippen LogP contribution in [-0.4, -0.2) is 90.7 Å². The van der Waals surface area contributed by atoms with E-state index in [2.05, 4.69) is 31.0 Å². The maximum Gasteiger partial charge on any atom is 0.325 e. The Morgan fingerprint density at radius 1 is 0.600 bits per heavy atom. The van der Waals surface area contributed by atoms with E-state index in [1.165, 1.54) is 7.11 Å². The molecule has 2 heterocycles. The lowest BCUT2D eigenvalue weighted by atomic mass is 9.98. The lowest BCUT2D eigenvalue weighted by Crippen LogP contribution is -2.37. The third-order valence-electron chi connectivity index (χ3n) is 8.74. The average Bonchev–Trinajstić information content (AvgIpc) is 3.88. The number of rotatable bonds is 15. The minimum atomic E-state index is -0.498. The molecule has 0 radical (unpaired) electrons. The van der Waals surface area contributed by atoms with Crippen LogP contribution >= 0.6 is 0 Å². The molecule has 15 heteroatoms. The number of methoxy groups -OCH3 is 1. The fraction of sp³-hybridized carbons (Fsp3) is 0.244. The van der Waals surface area contributed by atoms with Crippen molar-refractivity contribution in [1.29, 1.82) is 0 Å². The van der Waals surface area contributed by atoms with Crippen molar-refractivity contribution in [3.05, 3.63) is 132 Å². The van der Waals surface area contributed by atoms with Gasteiger partial charge in [0.25, 0.3) is 11.8 Å². The maximum atomic E-state index is 12.3. The van der Waals surface area contributed by atoms with Gasteiger partial charge in [-0.3, -0.25) is 19.2 Å². The van der Waals surface area contributed by atoms with E-state index in [0.29, 0.717) is 42.2 Å². The Balaban J connectivity index is 0.000000239. The van der Waals surface area contributed by atoms with Crippen LogP contribution in [0, 0.1) is 13.8 Å². The first-order valence-corrected chi connectivity index (χ1v) is 19.2. The largest absolute Gasteiger partial charge is 0.468 e. The summed E-state index contributed by atoms with van der Waals surface area (Å²) >= 11 is 0. The molecule has 3 amide bonds. The van der Waals surface area contributed by atoms with Gasteiger partial charge in [0.15, 0.2) is 0 Å². The smallest absolute Gasteiger partial charge is 0.325 e. The fourth-order valence-corrected chi connectivity index (χ4v) is 5.64. The Hall–Kier alpha value is -6.94. The summed E-state index contributed by atoms with van der Waals surface area (Å²) in [4.78, 5) is 47.1. The highest BCUT2D eigenvalue weighted by atomic mass is 16.5. The van der Waals surface area contributed by atoms with Crippen molar-refractivity contribution in [3.63, 3.8) is 0 Å². The van der Waals surface area contributed by atoms with Crippen molar-refractivity contribution < 1.29 is 43.2 Å². The predicted octanol–water partition coefficient (Wildman–Crippen LogP) is 5.09. The Morgan fingerprint density at radius 2 is 1.03 bits per heavy atom. The predicted molar refractivity (Wildman–Crippen MR) is 226 cm³/mol. The molecule has 0 atom stereocenters. The zero-order valence-electron chi connectivity index (χ0n) is 33.8. The van der Waals surface area contributed by atoms with E-state index in [1.807, 2.05) is 98.8 Å². The molecule has 314 valence electrons. The summed E-state index contributed by atoms with van der Waals surface area (Å²) in [7, 11) is 1.27. The standard InChI is InChI=1S/C22H23N3O4.C20H18N2O4.C3H9NO/c1-15-20(21(25-29-15)17-6-3-2-4-7-17)16-8-10-18(11-9-16)22(28)24-14-19(27)23-12-5-13-26;1-13-18(19(22-26-13)15-6-4-3-5-7-15)14-8-10-16(11-9-14)20(24)21-12-17(23)25-2;4-2-1-3-5/h2-4,6-11,26H,5,12-14H2,1H3,(H,23,27)(H,24,28);3-11H,12H2,1-2H3,(H,21,24);5H,1-4H2. The molecule has 0 aliphatic heterocycles. The van der Waals surface area contributed by atoms with Crippen molar-refractivity contribution in [2.24, 2.45) is 5.73 Å². The van der Waals surface area contributed by atoms with Gasteiger partial charge in [0.2, 0.25) is 5.91 Å². The van der Waals surface area contributed by atoms with Crippen LogP contribution in [0.2, 0.25) is 0 Å². The van der Waals surface area contributed by atoms with E-state index in [9.17, 15) is 19.2 Å². The minimum Gasteiger partial charge on any atom is -0.468 e. The monoisotopic (exact) mass is 818 g/mol. The number of hydrogen-bond donors (Lipinski definition) is 6. The second kappa shape index (κ2) is 24.1. The molecule has 0 bridgehead atoms. The molecular formula is C45H50N6O9. The number of aliphatic hydroxyl groups excluding tert-OH is 2. The number of aliphatic hydroxyl groups is 2. The summed E-state index contributed by atoms with van der Waals surface area (Å²) in [6.45, 7) is 4.62. The lowest BCUT2D eigenvalue weighted by Gasteiger charge is -2.08. The molecular weight excluding hydrogens is 769 g/mol. The number of ether oxygens (including phenoxy) is 1. The molecule has 0 unspecified atom stereocenters. The third-order valence-corrected chi connectivity index (χ3v) is 8.74. The van der Waals surface area contributed by atoms with Gasteiger partial charge in [-0.15, -0.1) is 0 Å². The number of amides is 3. The minimum absolute atomic E-state index is 0.0105. The van der Waals surface area contributed by atoms with Crippen molar-refractivity contribution in [2.45, 2.75) is 26.7 Å². The molecule has 2 aromatic heterocycles. The van der Waals surface area contributed by atoms with E-state index in [1.54, 1.807) is 24.3 Å². The van der Waals surface area contributed by atoms with Crippen molar-refractivity contribution in [3.8, 4) is 44.8 Å². The van der Waals surface area contributed by atoms with Crippen LogP contribution in [0.15, 0.2) is 118 Å². The summed E-state index contributed by atoms with van der Waals surface area (Å²) in [5, 5.41) is 32.8. The van der Waals surface area contributed by atoms with Gasteiger partial charge in [-0.1, -0.05) is 95.2 Å². The van der Waals surface area contributed by atoms with Crippen LogP contribution in [0.1, 0.15) is 45.1 Å². The zero-order chi connectivity index (χ0) is 43.3. The van der Waals surface area contributed by atoms with Gasteiger partial charge >= 0.3 is 5.97 Å². The van der Waals surface area contributed by atoms with Gasteiger partial charge < -0.3 is 45.7 Å². The molecule has 60 heavy (non-hydrogen) atoms. The summed E-state index contributed by atoms with van der Waals surface area (Å²) in [6, 6.07) is 33.7. The number of esters is 1. The molecule has 0 saturated carbocycles. The quantitative estimate of drug-likeness (QED) is 0.0588. The molecule has 4 aromatic carbocycles. The number of benzene rings is 4. The molecule has 0 fully saturated rings. The van der Waals surface area contributed by atoms with Crippen LogP contribution in [0.5, 0.6) is 0 Å². The number of aromatic nitrogens is 2. The molecule has 0 spiro atoms. The highest BCUT2D eigenvalue weighted by Crippen LogP contribution is 2.35. The summed E-state index contributed by atoms with van der Waals surface area (Å²) in [5.74, 6) is -0.0719. The molecule has 0 aliphatic rings. The highest BCUT2D eigenvalue weighted by Gasteiger charge is 2.19. The number of nitrogens with zero attached hydrogens (tertiary/aromatic N) is 2. The molecule has 0 aliphatic carbocycles. The number of nitrogens with one attached hydrogen (secondary N) is 3. The van der Waals surface area contributed by atoms with Crippen LogP contribution in [0.4, 0.5) is 0 Å². The van der Waals surface area contributed by atoms with E-state index >= 15 is 0 Å².